The first-order valence-electron chi connectivity index (χ1n) is 10.1. The minimum atomic E-state index is -0.0200. The van der Waals surface area contributed by atoms with E-state index in [1.807, 2.05) is 17.0 Å². The number of nitrogens with zero attached hydrogens (tertiary/aromatic N) is 3. The molecular formula is C24H23N3O2. The van der Waals surface area contributed by atoms with Crippen molar-refractivity contribution in [2.45, 2.75) is 25.3 Å². The zero-order valence-electron chi connectivity index (χ0n) is 16.2. The molecule has 1 aliphatic heterocycles. The Hall–Kier alpha value is -3.34. The van der Waals surface area contributed by atoms with Gasteiger partial charge in [-0.05, 0) is 42.7 Å². The maximum absolute atomic E-state index is 12.6. The number of aromatic nitrogens is 2. The lowest BCUT2D eigenvalue weighted by atomic mass is 10.0. The topological polar surface area (TPSA) is 51.3 Å². The molecule has 146 valence electrons. The molecule has 5 heteroatoms. The third kappa shape index (κ3) is 3.44. The molecule has 0 spiro atoms. The Morgan fingerprint density at radius 3 is 2.48 bits per heavy atom. The van der Waals surface area contributed by atoms with Gasteiger partial charge in [0.2, 0.25) is 0 Å². The lowest BCUT2D eigenvalue weighted by Crippen LogP contribution is -2.39. The van der Waals surface area contributed by atoms with E-state index in [1.165, 1.54) is 11.1 Å². The second-order valence-electron chi connectivity index (χ2n) is 7.55. The number of para-hydroxylation sites is 2. The van der Waals surface area contributed by atoms with Gasteiger partial charge in [0.05, 0.1) is 17.3 Å². The number of carbonyl (C=O) groups is 1. The standard InChI is InChI=1S/C24H23N3O2/c28-24(22-11-6-16-29-22)26-14-12-19(13-15-26)27-21-10-5-4-9-20(21)25-23(27)17-18-7-2-1-3-8-18/h1-11,16,19H,12-15,17H2. The van der Waals surface area contributed by atoms with Crippen molar-refractivity contribution in [3.8, 4) is 0 Å². The SMILES string of the molecule is O=C(c1ccco1)N1CCC(n2c(Cc3ccccc3)nc3ccccc32)CC1. The number of piperidine rings is 1. The molecule has 0 saturated carbocycles. The van der Waals surface area contributed by atoms with Gasteiger partial charge in [-0.15, -0.1) is 0 Å². The van der Waals surface area contributed by atoms with E-state index in [1.54, 1.807) is 18.4 Å². The fourth-order valence-corrected chi connectivity index (χ4v) is 4.29. The Balaban J connectivity index is 1.41. The van der Waals surface area contributed by atoms with E-state index in [2.05, 4.69) is 47.0 Å². The largest absolute Gasteiger partial charge is 0.459 e. The van der Waals surface area contributed by atoms with Crippen LogP contribution in [0.4, 0.5) is 0 Å². The van der Waals surface area contributed by atoms with Crippen molar-refractivity contribution < 1.29 is 9.21 Å². The molecule has 0 radical (unpaired) electrons. The van der Waals surface area contributed by atoms with Crippen molar-refractivity contribution in [3.05, 3.63) is 90.1 Å². The van der Waals surface area contributed by atoms with Gasteiger partial charge < -0.3 is 13.9 Å². The minimum absolute atomic E-state index is 0.0200. The first-order valence-corrected chi connectivity index (χ1v) is 10.1. The van der Waals surface area contributed by atoms with Crippen LogP contribution in [-0.2, 0) is 6.42 Å². The average molecular weight is 385 g/mol. The fraction of sp³-hybridized carbons (Fsp3) is 0.250. The molecule has 1 fully saturated rings. The summed E-state index contributed by atoms with van der Waals surface area (Å²) in [5.41, 5.74) is 3.47. The highest BCUT2D eigenvalue weighted by Crippen LogP contribution is 2.30. The molecular weight excluding hydrogens is 362 g/mol. The van der Waals surface area contributed by atoms with Crippen LogP contribution in [0.1, 0.15) is 40.8 Å². The highest BCUT2D eigenvalue weighted by molar-refractivity contribution is 5.91. The monoisotopic (exact) mass is 385 g/mol. The summed E-state index contributed by atoms with van der Waals surface area (Å²) in [5, 5.41) is 0. The lowest BCUT2D eigenvalue weighted by Gasteiger charge is -2.33. The van der Waals surface area contributed by atoms with Gasteiger partial charge in [0, 0.05) is 25.6 Å². The van der Waals surface area contributed by atoms with Crippen LogP contribution in [0.3, 0.4) is 0 Å². The molecule has 1 aliphatic rings. The van der Waals surface area contributed by atoms with Gasteiger partial charge >= 0.3 is 0 Å². The second-order valence-corrected chi connectivity index (χ2v) is 7.55. The van der Waals surface area contributed by atoms with Gasteiger partial charge in [-0.2, -0.15) is 0 Å². The Labute approximate surface area is 169 Å². The molecule has 5 rings (SSSR count). The number of carbonyl (C=O) groups excluding carboxylic acids is 1. The normalized spacial score (nSPS) is 15.1. The molecule has 5 nitrogen and oxygen atoms in total. The molecule has 29 heavy (non-hydrogen) atoms. The first kappa shape index (κ1) is 17.7. The summed E-state index contributed by atoms with van der Waals surface area (Å²) in [7, 11) is 0. The third-order valence-electron chi connectivity index (χ3n) is 5.72. The van der Waals surface area contributed by atoms with Crippen LogP contribution in [0.5, 0.6) is 0 Å². The number of likely N-dealkylation sites (tertiary alicyclic amines) is 1. The van der Waals surface area contributed by atoms with Crippen LogP contribution in [-0.4, -0.2) is 33.4 Å². The van der Waals surface area contributed by atoms with Gasteiger partial charge in [0.1, 0.15) is 5.82 Å². The zero-order chi connectivity index (χ0) is 19.6. The number of hydrogen-bond donors (Lipinski definition) is 0. The van der Waals surface area contributed by atoms with Crippen LogP contribution in [0.25, 0.3) is 11.0 Å². The molecule has 2 aromatic heterocycles. The second kappa shape index (κ2) is 7.59. The number of imidazole rings is 1. The van der Waals surface area contributed by atoms with Gasteiger partial charge in [-0.1, -0.05) is 42.5 Å². The summed E-state index contributed by atoms with van der Waals surface area (Å²) in [6.07, 6.45) is 4.18. The predicted octanol–water partition coefficient (Wildman–Crippen LogP) is 4.70. The summed E-state index contributed by atoms with van der Waals surface area (Å²) in [5.74, 6) is 1.49. The summed E-state index contributed by atoms with van der Waals surface area (Å²) >= 11 is 0. The van der Waals surface area contributed by atoms with E-state index < -0.39 is 0 Å². The molecule has 3 heterocycles. The van der Waals surface area contributed by atoms with Crippen molar-refractivity contribution in [1.82, 2.24) is 14.5 Å². The molecule has 1 amide bonds. The van der Waals surface area contributed by atoms with E-state index in [9.17, 15) is 4.79 Å². The molecule has 0 atom stereocenters. The Morgan fingerprint density at radius 1 is 0.966 bits per heavy atom. The molecule has 4 aromatic rings. The lowest BCUT2D eigenvalue weighted by molar-refractivity contribution is 0.0663. The smallest absolute Gasteiger partial charge is 0.289 e. The number of furan rings is 1. The first-order chi connectivity index (χ1) is 14.3. The van der Waals surface area contributed by atoms with Gasteiger partial charge in [-0.3, -0.25) is 4.79 Å². The van der Waals surface area contributed by atoms with E-state index in [0.717, 1.165) is 43.7 Å². The summed E-state index contributed by atoms with van der Waals surface area (Å²) in [4.78, 5) is 19.4. The van der Waals surface area contributed by atoms with Crippen molar-refractivity contribution >= 4 is 16.9 Å². The average Bonchev–Trinajstić information content (AvgIpc) is 3.42. The quantitative estimate of drug-likeness (QED) is 0.512. The van der Waals surface area contributed by atoms with Crippen LogP contribution in [0.2, 0.25) is 0 Å². The molecule has 0 bridgehead atoms. The van der Waals surface area contributed by atoms with Crippen molar-refractivity contribution in [2.24, 2.45) is 0 Å². The van der Waals surface area contributed by atoms with Crippen molar-refractivity contribution in [3.63, 3.8) is 0 Å². The summed E-state index contributed by atoms with van der Waals surface area (Å²) < 4.78 is 7.68. The van der Waals surface area contributed by atoms with E-state index in [0.29, 0.717) is 11.8 Å². The molecule has 2 aromatic carbocycles. The molecule has 1 saturated heterocycles. The fourth-order valence-electron chi connectivity index (χ4n) is 4.29. The Kier molecular flexibility index (Phi) is 4.64. The van der Waals surface area contributed by atoms with Gasteiger partial charge in [-0.25, -0.2) is 4.98 Å². The van der Waals surface area contributed by atoms with Crippen LogP contribution in [0, 0.1) is 0 Å². The van der Waals surface area contributed by atoms with Crippen LogP contribution in [0.15, 0.2) is 77.4 Å². The Bertz CT molecular complexity index is 1110. The molecule has 0 N–H and O–H groups in total. The summed E-state index contributed by atoms with van der Waals surface area (Å²) in [6, 6.07) is 22.6. The summed E-state index contributed by atoms with van der Waals surface area (Å²) in [6.45, 7) is 1.45. The maximum atomic E-state index is 12.6. The van der Waals surface area contributed by atoms with Crippen LogP contribution < -0.4 is 0 Å². The minimum Gasteiger partial charge on any atom is -0.459 e. The number of fused-ring (bicyclic) bond motifs is 1. The highest BCUT2D eigenvalue weighted by atomic mass is 16.3. The van der Waals surface area contributed by atoms with Crippen LogP contribution >= 0.6 is 0 Å². The number of benzene rings is 2. The van der Waals surface area contributed by atoms with E-state index in [-0.39, 0.29) is 5.91 Å². The van der Waals surface area contributed by atoms with Crippen molar-refractivity contribution in [1.29, 1.82) is 0 Å². The zero-order valence-corrected chi connectivity index (χ0v) is 16.2. The highest BCUT2D eigenvalue weighted by Gasteiger charge is 2.28. The van der Waals surface area contributed by atoms with Crippen molar-refractivity contribution in [2.75, 3.05) is 13.1 Å². The Morgan fingerprint density at radius 2 is 1.72 bits per heavy atom. The molecule has 0 unspecified atom stereocenters. The van der Waals surface area contributed by atoms with Gasteiger partial charge in [0.25, 0.3) is 5.91 Å². The van der Waals surface area contributed by atoms with E-state index in [4.69, 9.17) is 9.40 Å². The molecule has 0 aliphatic carbocycles. The number of rotatable bonds is 4. The maximum Gasteiger partial charge on any atom is 0.289 e. The van der Waals surface area contributed by atoms with Gasteiger partial charge in [0.15, 0.2) is 5.76 Å². The third-order valence-corrected chi connectivity index (χ3v) is 5.72. The van der Waals surface area contributed by atoms with E-state index >= 15 is 0 Å². The number of hydrogen-bond acceptors (Lipinski definition) is 3. The number of amides is 1. The predicted molar refractivity (Wildman–Crippen MR) is 112 cm³/mol.